The molecule has 0 bridgehead atoms. The maximum Gasteiger partial charge on any atom is 0.282 e. The lowest BCUT2D eigenvalue weighted by molar-refractivity contribution is -0.120. The van der Waals surface area contributed by atoms with Crippen LogP contribution in [0.4, 0.5) is 11.4 Å². The van der Waals surface area contributed by atoms with Gasteiger partial charge < -0.3 is 5.32 Å². The second-order valence-corrected chi connectivity index (χ2v) is 7.91. The topological polar surface area (TPSA) is 49.4 Å². The van der Waals surface area contributed by atoms with Crippen molar-refractivity contribution in [3.05, 3.63) is 99.2 Å². The minimum atomic E-state index is -0.486. The van der Waals surface area contributed by atoms with Gasteiger partial charge in [0.05, 0.1) is 21.3 Å². The molecule has 0 aliphatic carbocycles. The Morgan fingerprint density at radius 3 is 2.00 bits per heavy atom. The molecule has 1 N–H and O–H groups in total. The number of aryl methyl sites for hydroxylation is 2. The first kappa shape index (κ1) is 20.2. The minimum Gasteiger partial charge on any atom is -0.350 e. The summed E-state index contributed by atoms with van der Waals surface area (Å²) in [5, 5.41) is 3.56. The monoisotopic (exact) mass is 436 g/mol. The molecular formula is C24H18Cl2N2O2. The van der Waals surface area contributed by atoms with E-state index in [1.54, 1.807) is 18.2 Å². The van der Waals surface area contributed by atoms with E-state index < -0.39 is 11.8 Å². The fourth-order valence-corrected chi connectivity index (χ4v) is 3.68. The van der Waals surface area contributed by atoms with Crippen molar-refractivity contribution in [2.45, 2.75) is 13.8 Å². The molecule has 3 aromatic rings. The minimum absolute atomic E-state index is 0.153. The van der Waals surface area contributed by atoms with Crippen molar-refractivity contribution in [1.82, 2.24) is 0 Å². The van der Waals surface area contributed by atoms with Gasteiger partial charge in [0.25, 0.3) is 11.8 Å². The van der Waals surface area contributed by atoms with Crippen LogP contribution in [0.3, 0.4) is 0 Å². The molecular weight excluding hydrogens is 419 g/mol. The van der Waals surface area contributed by atoms with E-state index >= 15 is 0 Å². The fraction of sp³-hybridized carbons (Fsp3) is 0.0833. The highest BCUT2D eigenvalue weighted by atomic mass is 35.5. The molecule has 0 saturated heterocycles. The lowest BCUT2D eigenvalue weighted by Crippen LogP contribution is -2.32. The molecule has 0 saturated carbocycles. The summed E-state index contributed by atoms with van der Waals surface area (Å²) in [6, 6.07) is 19.9. The Hall–Kier alpha value is -3.08. The van der Waals surface area contributed by atoms with E-state index in [0.717, 1.165) is 16.0 Å². The smallest absolute Gasteiger partial charge is 0.282 e. The Morgan fingerprint density at radius 2 is 1.37 bits per heavy atom. The molecule has 0 unspecified atom stereocenters. The molecule has 0 aromatic heterocycles. The number of hydrogen-bond acceptors (Lipinski definition) is 3. The molecule has 6 heteroatoms. The summed E-state index contributed by atoms with van der Waals surface area (Å²) < 4.78 is 0. The molecule has 0 radical (unpaired) electrons. The summed E-state index contributed by atoms with van der Waals surface area (Å²) in [4.78, 5) is 27.9. The van der Waals surface area contributed by atoms with E-state index in [1.807, 2.05) is 62.4 Å². The number of halogens is 2. The Labute approximate surface area is 184 Å². The highest BCUT2D eigenvalue weighted by Crippen LogP contribution is 2.39. The number of amides is 2. The number of anilines is 2. The van der Waals surface area contributed by atoms with Crippen LogP contribution in [0.5, 0.6) is 0 Å². The molecule has 0 atom stereocenters. The highest BCUT2D eigenvalue weighted by molar-refractivity contribution is 6.50. The molecule has 1 aliphatic heterocycles. The lowest BCUT2D eigenvalue weighted by Gasteiger charge is -2.17. The molecule has 4 nitrogen and oxygen atoms in total. The number of nitrogens with one attached hydrogen (secondary N) is 1. The van der Waals surface area contributed by atoms with E-state index in [1.165, 1.54) is 0 Å². The third-order valence-electron chi connectivity index (χ3n) is 4.92. The van der Waals surface area contributed by atoms with Crippen molar-refractivity contribution in [3.8, 4) is 0 Å². The van der Waals surface area contributed by atoms with Gasteiger partial charge in [0.1, 0.15) is 5.70 Å². The fourth-order valence-electron chi connectivity index (χ4n) is 3.30. The Morgan fingerprint density at radius 1 is 0.767 bits per heavy atom. The van der Waals surface area contributed by atoms with Crippen LogP contribution in [-0.2, 0) is 9.59 Å². The number of nitrogens with zero attached hydrogens (tertiary/aromatic N) is 1. The van der Waals surface area contributed by atoms with Crippen LogP contribution in [0.15, 0.2) is 72.4 Å². The zero-order valence-corrected chi connectivity index (χ0v) is 17.9. The zero-order valence-electron chi connectivity index (χ0n) is 16.4. The number of carbonyl (C=O) groups excluding carboxylic acids is 2. The predicted molar refractivity (Wildman–Crippen MR) is 122 cm³/mol. The van der Waals surface area contributed by atoms with Gasteiger partial charge in [-0.25, -0.2) is 4.90 Å². The standard InChI is InChI=1S/C24H18Cl2N2O2/c1-14-6-10-16(11-7-14)20-22(27-17-12-8-15(2)9-13-17)24(30)28(23(20)29)19-5-3-4-18(25)21(19)26/h3-13,27H,1-2H3. The summed E-state index contributed by atoms with van der Waals surface area (Å²) in [5.74, 6) is -0.942. The number of rotatable bonds is 4. The van der Waals surface area contributed by atoms with E-state index in [0.29, 0.717) is 11.3 Å². The van der Waals surface area contributed by atoms with Gasteiger partial charge in [0, 0.05) is 5.69 Å². The predicted octanol–water partition coefficient (Wildman–Crippen LogP) is 6.01. The van der Waals surface area contributed by atoms with Crippen LogP contribution >= 0.6 is 23.2 Å². The summed E-state index contributed by atoms with van der Waals surface area (Å²) in [6.45, 7) is 3.94. The number of benzene rings is 3. The van der Waals surface area contributed by atoms with Gasteiger partial charge in [-0.1, -0.05) is 76.8 Å². The molecule has 30 heavy (non-hydrogen) atoms. The van der Waals surface area contributed by atoms with Crippen molar-refractivity contribution in [2.24, 2.45) is 0 Å². The average Bonchev–Trinajstić information content (AvgIpc) is 2.96. The zero-order chi connectivity index (χ0) is 21.4. The molecule has 0 fully saturated rings. The van der Waals surface area contributed by atoms with Crippen molar-refractivity contribution < 1.29 is 9.59 Å². The number of carbonyl (C=O) groups is 2. The Balaban J connectivity index is 1.84. The van der Waals surface area contributed by atoms with Gasteiger partial charge in [-0.15, -0.1) is 0 Å². The van der Waals surface area contributed by atoms with Crippen molar-refractivity contribution in [3.63, 3.8) is 0 Å². The van der Waals surface area contributed by atoms with Gasteiger partial charge >= 0.3 is 0 Å². The van der Waals surface area contributed by atoms with Crippen molar-refractivity contribution >= 4 is 52.0 Å². The van der Waals surface area contributed by atoms with E-state index in [4.69, 9.17) is 23.2 Å². The maximum atomic E-state index is 13.4. The van der Waals surface area contributed by atoms with E-state index in [-0.39, 0.29) is 27.0 Å². The Bertz CT molecular complexity index is 1180. The normalized spacial score (nSPS) is 13.9. The Kier molecular flexibility index (Phi) is 5.37. The number of imide groups is 1. The summed E-state index contributed by atoms with van der Waals surface area (Å²) >= 11 is 12.5. The SMILES string of the molecule is Cc1ccc(NC2=C(c3ccc(C)cc3)C(=O)N(c3cccc(Cl)c3Cl)C2=O)cc1. The van der Waals surface area contributed by atoms with Crippen LogP contribution < -0.4 is 10.2 Å². The molecule has 1 aliphatic rings. The third kappa shape index (κ3) is 3.60. The van der Waals surface area contributed by atoms with Gasteiger partial charge in [-0.05, 0) is 43.7 Å². The summed E-state index contributed by atoms with van der Waals surface area (Å²) in [7, 11) is 0. The van der Waals surface area contributed by atoms with Crippen LogP contribution in [0.25, 0.3) is 5.57 Å². The van der Waals surface area contributed by atoms with Crippen LogP contribution in [0, 0.1) is 13.8 Å². The van der Waals surface area contributed by atoms with Gasteiger partial charge in [0.2, 0.25) is 0 Å². The maximum absolute atomic E-state index is 13.4. The second-order valence-electron chi connectivity index (χ2n) is 7.13. The van der Waals surface area contributed by atoms with Crippen molar-refractivity contribution in [2.75, 3.05) is 10.2 Å². The number of hydrogen-bond donors (Lipinski definition) is 1. The van der Waals surface area contributed by atoms with Crippen LogP contribution in [0.2, 0.25) is 10.0 Å². The quantitative estimate of drug-likeness (QED) is 0.509. The average molecular weight is 437 g/mol. The second kappa shape index (κ2) is 7.98. The van der Waals surface area contributed by atoms with E-state index in [2.05, 4.69) is 5.32 Å². The van der Waals surface area contributed by atoms with Gasteiger partial charge in [-0.3, -0.25) is 9.59 Å². The lowest BCUT2D eigenvalue weighted by atomic mass is 10.0. The van der Waals surface area contributed by atoms with E-state index in [9.17, 15) is 9.59 Å². The molecule has 4 rings (SSSR count). The molecule has 2 amide bonds. The largest absolute Gasteiger partial charge is 0.350 e. The van der Waals surface area contributed by atoms with Crippen molar-refractivity contribution in [1.29, 1.82) is 0 Å². The molecule has 1 heterocycles. The molecule has 150 valence electrons. The first-order valence-electron chi connectivity index (χ1n) is 9.34. The first-order valence-corrected chi connectivity index (χ1v) is 10.1. The summed E-state index contributed by atoms with van der Waals surface area (Å²) in [5.41, 5.74) is 4.24. The summed E-state index contributed by atoms with van der Waals surface area (Å²) in [6.07, 6.45) is 0. The molecule has 0 spiro atoms. The highest BCUT2D eigenvalue weighted by Gasteiger charge is 2.41. The third-order valence-corrected chi connectivity index (χ3v) is 5.73. The van der Waals surface area contributed by atoms with Gasteiger partial charge in [-0.2, -0.15) is 0 Å². The van der Waals surface area contributed by atoms with Gasteiger partial charge in [0.15, 0.2) is 0 Å². The molecule has 3 aromatic carbocycles. The first-order chi connectivity index (χ1) is 14.4. The van der Waals surface area contributed by atoms with Crippen LogP contribution in [-0.4, -0.2) is 11.8 Å². The van der Waals surface area contributed by atoms with Crippen LogP contribution in [0.1, 0.15) is 16.7 Å².